The molecule has 0 radical (unpaired) electrons. The van der Waals surface area contributed by atoms with Gasteiger partial charge in [0.2, 0.25) is 5.91 Å². The number of nitrogens with zero attached hydrogens (tertiary/aromatic N) is 1. The molecule has 0 saturated carbocycles. The third-order valence-corrected chi connectivity index (χ3v) is 1.89. The smallest absolute Gasteiger partial charge is 0.229 e. The zero-order chi connectivity index (χ0) is 9.52. The number of hydrogen-bond acceptors (Lipinski definition) is 3. The highest BCUT2D eigenvalue weighted by Gasteiger charge is 1.96. The van der Waals surface area contributed by atoms with E-state index in [0.717, 1.165) is 12.0 Å². The van der Waals surface area contributed by atoms with Crippen LogP contribution < -0.4 is 5.32 Å². The van der Waals surface area contributed by atoms with Crippen molar-refractivity contribution < 1.29 is 4.79 Å². The van der Waals surface area contributed by atoms with Crippen LogP contribution in [0.2, 0.25) is 0 Å². The molecule has 4 heteroatoms. The lowest BCUT2D eigenvalue weighted by molar-refractivity contribution is -0.118. The van der Waals surface area contributed by atoms with Crippen molar-refractivity contribution in [2.75, 3.05) is 12.3 Å². The summed E-state index contributed by atoms with van der Waals surface area (Å²) in [5.41, 5.74) is 1.13. The van der Waals surface area contributed by atoms with Crippen LogP contribution in [0.1, 0.15) is 5.56 Å². The van der Waals surface area contributed by atoms with Gasteiger partial charge in [0, 0.05) is 18.9 Å². The molecule has 70 valence electrons. The van der Waals surface area contributed by atoms with Gasteiger partial charge < -0.3 is 5.32 Å². The summed E-state index contributed by atoms with van der Waals surface area (Å²) >= 11 is 3.85. The van der Waals surface area contributed by atoms with Crippen molar-refractivity contribution in [3.63, 3.8) is 0 Å². The molecule has 3 nitrogen and oxygen atoms in total. The van der Waals surface area contributed by atoms with E-state index in [1.54, 1.807) is 12.4 Å². The van der Waals surface area contributed by atoms with E-state index < -0.39 is 0 Å². The molecule has 0 spiro atoms. The summed E-state index contributed by atoms with van der Waals surface area (Å²) < 4.78 is 0. The van der Waals surface area contributed by atoms with Crippen molar-refractivity contribution in [2.24, 2.45) is 0 Å². The minimum Gasteiger partial charge on any atom is -0.355 e. The van der Waals surface area contributed by atoms with E-state index in [1.165, 1.54) is 0 Å². The van der Waals surface area contributed by atoms with Crippen LogP contribution in [0.3, 0.4) is 0 Å². The Hall–Kier alpha value is -1.03. The van der Waals surface area contributed by atoms with Crippen molar-refractivity contribution in [1.82, 2.24) is 10.3 Å². The molecule has 0 aliphatic carbocycles. The first-order chi connectivity index (χ1) is 6.33. The van der Waals surface area contributed by atoms with Crippen molar-refractivity contribution in [1.29, 1.82) is 0 Å². The SMILES string of the molecule is O=C(CS)NCCc1cccnc1. The maximum atomic E-state index is 10.8. The Balaban J connectivity index is 2.24. The maximum absolute atomic E-state index is 10.8. The zero-order valence-electron chi connectivity index (χ0n) is 7.23. The van der Waals surface area contributed by atoms with Gasteiger partial charge in [0.25, 0.3) is 0 Å². The third kappa shape index (κ3) is 3.94. The second-order valence-corrected chi connectivity index (χ2v) is 2.94. The quantitative estimate of drug-likeness (QED) is 0.695. The first kappa shape index (κ1) is 10.1. The summed E-state index contributed by atoms with van der Waals surface area (Å²) in [5, 5.41) is 2.74. The summed E-state index contributed by atoms with van der Waals surface area (Å²) in [6, 6.07) is 3.87. The van der Waals surface area contributed by atoms with Crippen molar-refractivity contribution >= 4 is 18.5 Å². The van der Waals surface area contributed by atoms with Gasteiger partial charge in [0.1, 0.15) is 0 Å². The molecule has 13 heavy (non-hydrogen) atoms. The Labute approximate surface area is 83.0 Å². The summed E-state index contributed by atoms with van der Waals surface area (Å²) in [5.74, 6) is 0.208. The minimum absolute atomic E-state index is 0.0350. The Morgan fingerprint density at radius 2 is 2.46 bits per heavy atom. The number of nitrogens with one attached hydrogen (secondary N) is 1. The van der Waals surface area contributed by atoms with Gasteiger partial charge in [-0.2, -0.15) is 12.6 Å². The number of carbonyl (C=O) groups excluding carboxylic acids is 1. The van der Waals surface area contributed by atoms with E-state index in [1.807, 2.05) is 12.1 Å². The largest absolute Gasteiger partial charge is 0.355 e. The van der Waals surface area contributed by atoms with Gasteiger partial charge in [0.05, 0.1) is 5.75 Å². The second kappa shape index (κ2) is 5.59. The lowest BCUT2D eigenvalue weighted by atomic mass is 10.2. The fraction of sp³-hybridized carbons (Fsp3) is 0.333. The van der Waals surface area contributed by atoms with Crippen LogP contribution in [-0.4, -0.2) is 23.2 Å². The molecule has 0 atom stereocenters. The molecule has 1 aromatic heterocycles. The summed E-state index contributed by atoms with van der Waals surface area (Å²) in [4.78, 5) is 14.8. The predicted octanol–water partition coefficient (Wildman–Crippen LogP) is 0.670. The van der Waals surface area contributed by atoms with Crippen LogP contribution >= 0.6 is 12.6 Å². The maximum Gasteiger partial charge on any atom is 0.229 e. The molecule has 1 heterocycles. The standard InChI is InChI=1S/C9H12N2OS/c12-9(7-13)11-5-3-8-2-1-4-10-6-8/h1-2,4,6,13H,3,5,7H2,(H,11,12). The molecule has 0 aromatic carbocycles. The molecular formula is C9H12N2OS. The number of carbonyl (C=O) groups is 1. The van der Waals surface area contributed by atoms with Gasteiger partial charge in [-0.15, -0.1) is 0 Å². The highest BCUT2D eigenvalue weighted by atomic mass is 32.1. The minimum atomic E-state index is -0.0350. The number of amides is 1. The normalized spacial score (nSPS) is 9.62. The fourth-order valence-corrected chi connectivity index (χ4v) is 1.06. The van der Waals surface area contributed by atoms with Gasteiger partial charge in [-0.05, 0) is 18.1 Å². The second-order valence-electron chi connectivity index (χ2n) is 2.62. The number of thiol groups is 1. The first-order valence-corrected chi connectivity index (χ1v) is 4.72. The van der Waals surface area contributed by atoms with E-state index in [9.17, 15) is 4.79 Å². The van der Waals surface area contributed by atoms with Crippen LogP contribution in [0, 0.1) is 0 Å². The van der Waals surface area contributed by atoms with Crippen LogP contribution in [0.5, 0.6) is 0 Å². The number of pyridine rings is 1. The molecule has 1 N–H and O–H groups in total. The van der Waals surface area contributed by atoms with Crippen LogP contribution in [0.25, 0.3) is 0 Å². The average molecular weight is 196 g/mol. The van der Waals surface area contributed by atoms with E-state index in [2.05, 4.69) is 22.9 Å². The third-order valence-electron chi connectivity index (χ3n) is 1.60. The lowest BCUT2D eigenvalue weighted by Gasteiger charge is -2.02. The van der Waals surface area contributed by atoms with Gasteiger partial charge in [-0.3, -0.25) is 9.78 Å². The molecule has 0 fully saturated rings. The number of aromatic nitrogens is 1. The van der Waals surface area contributed by atoms with Crippen molar-refractivity contribution in [3.8, 4) is 0 Å². The van der Waals surface area contributed by atoms with E-state index in [4.69, 9.17) is 0 Å². The Kier molecular flexibility index (Phi) is 4.32. The fourth-order valence-electron chi connectivity index (χ4n) is 0.948. The van der Waals surface area contributed by atoms with Crippen LogP contribution in [0.15, 0.2) is 24.5 Å². The molecule has 0 unspecified atom stereocenters. The molecule has 0 saturated heterocycles. The van der Waals surface area contributed by atoms with E-state index in [0.29, 0.717) is 6.54 Å². The summed E-state index contributed by atoms with van der Waals surface area (Å²) in [6.07, 6.45) is 4.34. The molecule has 1 rings (SSSR count). The topological polar surface area (TPSA) is 42.0 Å². The Morgan fingerprint density at radius 1 is 1.62 bits per heavy atom. The molecule has 1 amide bonds. The molecule has 1 aromatic rings. The highest BCUT2D eigenvalue weighted by molar-refractivity contribution is 7.81. The number of rotatable bonds is 4. The summed E-state index contributed by atoms with van der Waals surface area (Å²) in [7, 11) is 0. The predicted molar refractivity (Wildman–Crippen MR) is 54.8 cm³/mol. The molecule has 0 aliphatic heterocycles. The lowest BCUT2D eigenvalue weighted by Crippen LogP contribution is -2.26. The average Bonchev–Trinajstić information content (AvgIpc) is 2.19. The monoisotopic (exact) mass is 196 g/mol. The van der Waals surface area contributed by atoms with Crippen molar-refractivity contribution in [2.45, 2.75) is 6.42 Å². The van der Waals surface area contributed by atoms with Gasteiger partial charge >= 0.3 is 0 Å². The van der Waals surface area contributed by atoms with E-state index >= 15 is 0 Å². The Morgan fingerprint density at radius 3 is 3.08 bits per heavy atom. The van der Waals surface area contributed by atoms with Crippen LogP contribution in [-0.2, 0) is 11.2 Å². The van der Waals surface area contributed by atoms with Crippen molar-refractivity contribution in [3.05, 3.63) is 30.1 Å². The Bertz CT molecular complexity index is 264. The first-order valence-electron chi connectivity index (χ1n) is 4.09. The molecular weight excluding hydrogens is 184 g/mol. The summed E-state index contributed by atoms with van der Waals surface area (Å²) in [6.45, 7) is 0.644. The zero-order valence-corrected chi connectivity index (χ0v) is 8.13. The molecule has 0 bridgehead atoms. The van der Waals surface area contributed by atoms with E-state index in [-0.39, 0.29) is 11.7 Å². The van der Waals surface area contributed by atoms with Gasteiger partial charge in [0.15, 0.2) is 0 Å². The van der Waals surface area contributed by atoms with Gasteiger partial charge in [-0.25, -0.2) is 0 Å². The number of hydrogen-bond donors (Lipinski definition) is 2. The molecule has 0 aliphatic rings. The highest BCUT2D eigenvalue weighted by Crippen LogP contribution is 1.95. The van der Waals surface area contributed by atoms with Gasteiger partial charge in [-0.1, -0.05) is 6.07 Å². The van der Waals surface area contributed by atoms with Crippen LogP contribution in [0.4, 0.5) is 0 Å².